The number of hydrogen-bond acceptors (Lipinski definition) is 5. The Morgan fingerprint density at radius 3 is 2.67 bits per heavy atom. The second-order valence-corrected chi connectivity index (χ2v) is 9.34. The van der Waals surface area contributed by atoms with Crippen LogP contribution in [0.15, 0.2) is 54.9 Å². The first kappa shape index (κ1) is 18.7. The van der Waals surface area contributed by atoms with Gasteiger partial charge in [-0.1, -0.05) is 37.3 Å². The van der Waals surface area contributed by atoms with Crippen molar-refractivity contribution >= 4 is 39.2 Å². The number of para-hydroxylation sites is 2. The molecule has 0 fully saturated rings. The molecule has 0 unspecified atom stereocenters. The number of ketones is 1. The average Bonchev–Trinajstić information content (AvgIpc) is 3.31. The zero-order valence-corrected chi connectivity index (χ0v) is 17.5. The summed E-state index contributed by atoms with van der Waals surface area (Å²) in [5, 5.41) is 3.32. The first-order chi connectivity index (χ1) is 14.4. The number of fused-ring (bicyclic) bond motifs is 2. The van der Waals surface area contributed by atoms with Crippen molar-refractivity contribution in [2.75, 3.05) is 5.32 Å². The van der Waals surface area contributed by atoms with Gasteiger partial charge in [-0.25, -0.2) is 9.97 Å². The molecule has 7 heteroatoms. The van der Waals surface area contributed by atoms with Gasteiger partial charge >= 0.3 is 0 Å². The predicted molar refractivity (Wildman–Crippen MR) is 118 cm³/mol. The molecule has 0 bridgehead atoms. The highest BCUT2D eigenvalue weighted by Gasteiger charge is 2.34. The van der Waals surface area contributed by atoms with Crippen LogP contribution in [-0.2, 0) is 6.42 Å². The van der Waals surface area contributed by atoms with E-state index >= 15 is 0 Å². The van der Waals surface area contributed by atoms with E-state index in [9.17, 15) is 9.59 Å². The number of thiazole rings is 1. The first-order valence-corrected chi connectivity index (χ1v) is 10.6. The molecule has 1 aliphatic carbocycles. The van der Waals surface area contributed by atoms with Crippen LogP contribution in [0, 0.1) is 5.41 Å². The number of benzene rings is 2. The van der Waals surface area contributed by atoms with Gasteiger partial charge in [0.1, 0.15) is 6.33 Å². The van der Waals surface area contributed by atoms with E-state index in [0.29, 0.717) is 22.0 Å². The van der Waals surface area contributed by atoms with E-state index in [-0.39, 0.29) is 17.1 Å². The third kappa shape index (κ3) is 3.31. The maximum Gasteiger partial charge on any atom is 0.257 e. The quantitative estimate of drug-likeness (QED) is 0.516. The number of rotatable bonds is 3. The summed E-state index contributed by atoms with van der Waals surface area (Å²) >= 11 is 1.26. The molecule has 1 aliphatic rings. The van der Waals surface area contributed by atoms with E-state index in [2.05, 4.69) is 29.1 Å². The minimum absolute atomic E-state index is 0.0905. The molecule has 0 spiro atoms. The molecule has 1 N–H and O–H groups in total. The van der Waals surface area contributed by atoms with Gasteiger partial charge in [0.25, 0.3) is 5.91 Å². The van der Waals surface area contributed by atoms with Crippen LogP contribution in [-0.4, -0.2) is 26.2 Å². The van der Waals surface area contributed by atoms with Crippen molar-refractivity contribution in [3.8, 4) is 5.69 Å². The number of hydrogen-bond donors (Lipinski definition) is 1. The van der Waals surface area contributed by atoms with Crippen LogP contribution in [0.4, 0.5) is 5.13 Å². The largest absolute Gasteiger partial charge is 0.299 e. The van der Waals surface area contributed by atoms with Gasteiger partial charge in [0.2, 0.25) is 0 Å². The van der Waals surface area contributed by atoms with Crippen LogP contribution in [0.3, 0.4) is 0 Å². The Balaban J connectivity index is 1.36. The van der Waals surface area contributed by atoms with Crippen LogP contribution in [0.2, 0.25) is 0 Å². The summed E-state index contributed by atoms with van der Waals surface area (Å²) in [4.78, 5) is 34.6. The van der Waals surface area contributed by atoms with Crippen LogP contribution in [0.25, 0.3) is 16.7 Å². The number of aromatic nitrogens is 3. The Bertz CT molecular complexity index is 1280. The Morgan fingerprint density at radius 2 is 1.87 bits per heavy atom. The van der Waals surface area contributed by atoms with Crippen molar-refractivity contribution in [3.05, 3.63) is 71.0 Å². The Hall–Kier alpha value is -3.32. The lowest BCUT2D eigenvalue weighted by atomic mass is 9.78. The van der Waals surface area contributed by atoms with Crippen molar-refractivity contribution in [2.24, 2.45) is 5.41 Å². The van der Waals surface area contributed by atoms with Gasteiger partial charge in [0.05, 0.1) is 21.6 Å². The normalized spacial score (nSPS) is 15.2. The molecule has 1 amide bonds. The molecule has 0 saturated carbocycles. The Morgan fingerprint density at radius 1 is 1.10 bits per heavy atom. The second kappa shape index (κ2) is 6.88. The van der Waals surface area contributed by atoms with E-state index in [4.69, 9.17) is 0 Å². The molecule has 30 heavy (non-hydrogen) atoms. The zero-order valence-electron chi connectivity index (χ0n) is 16.7. The number of carbonyl (C=O) groups is 2. The topological polar surface area (TPSA) is 76.9 Å². The fraction of sp³-hybridized carbons (Fsp3) is 0.217. The van der Waals surface area contributed by atoms with E-state index in [1.54, 1.807) is 18.5 Å². The Kier molecular flexibility index (Phi) is 4.29. The smallest absolute Gasteiger partial charge is 0.257 e. The molecule has 0 saturated heterocycles. The molecule has 4 aromatic rings. The lowest BCUT2D eigenvalue weighted by Crippen LogP contribution is -2.26. The summed E-state index contributed by atoms with van der Waals surface area (Å²) < 4.78 is 1.99. The highest BCUT2D eigenvalue weighted by molar-refractivity contribution is 7.17. The molecule has 0 radical (unpaired) electrons. The fourth-order valence-electron chi connectivity index (χ4n) is 3.88. The lowest BCUT2D eigenvalue weighted by Gasteiger charge is -2.26. The minimum atomic E-state index is -0.241. The van der Waals surface area contributed by atoms with Gasteiger partial charge in [-0.3, -0.25) is 19.5 Å². The summed E-state index contributed by atoms with van der Waals surface area (Å²) in [6, 6.07) is 15.2. The maximum absolute atomic E-state index is 12.7. The van der Waals surface area contributed by atoms with Crippen LogP contribution >= 0.6 is 11.3 Å². The number of amides is 1. The second-order valence-electron chi connectivity index (χ2n) is 8.34. The van der Waals surface area contributed by atoms with Gasteiger partial charge in [-0.15, -0.1) is 0 Å². The number of Topliss-reactive ketones (excluding diaryl/α,β-unsaturated/α-hetero) is 1. The fourth-order valence-corrected chi connectivity index (χ4v) is 4.80. The maximum atomic E-state index is 12.7. The van der Waals surface area contributed by atoms with E-state index < -0.39 is 0 Å². The van der Waals surface area contributed by atoms with Gasteiger partial charge < -0.3 is 0 Å². The molecular formula is C23H20N4O2S. The van der Waals surface area contributed by atoms with Crippen molar-refractivity contribution < 1.29 is 9.59 Å². The summed E-state index contributed by atoms with van der Waals surface area (Å²) in [5.41, 5.74) is 4.09. The summed E-state index contributed by atoms with van der Waals surface area (Å²) in [6.45, 7) is 4.13. The molecule has 150 valence electrons. The number of carbonyl (C=O) groups excluding carboxylic acids is 2. The number of nitrogens with one attached hydrogen (secondary N) is 1. The highest BCUT2D eigenvalue weighted by Crippen LogP contribution is 2.38. The molecule has 6 nitrogen and oxygen atoms in total. The van der Waals surface area contributed by atoms with Crippen molar-refractivity contribution in [2.45, 2.75) is 26.7 Å². The number of anilines is 1. The molecule has 2 aromatic heterocycles. The van der Waals surface area contributed by atoms with Gasteiger partial charge in [0.15, 0.2) is 10.9 Å². The van der Waals surface area contributed by atoms with Crippen LogP contribution in [0.5, 0.6) is 0 Å². The third-order valence-corrected chi connectivity index (χ3v) is 6.37. The summed E-state index contributed by atoms with van der Waals surface area (Å²) in [5.74, 6) is -0.133. The SMILES string of the molecule is CC1(C)CC(=O)c2sc(NC(=O)c3ccc(-n4cnc5ccccc54)cc3)nc2C1. The first-order valence-electron chi connectivity index (χ1n) is 9.76. The molecule has 0 aliphatic heterocycles. The predicted octanol–water partition coefficient (Wildman–Crippen LogP) is 4.89. The molecule has 2 heterocycles. The lowest BCUT2D eigenvalue weighted by molar-refractivity contribution is 0.0915. The Labute approximate surface area is 177 Å². The van der Waals surface area contributed by atoms with Crippen molar-refractivity contribution in [3.63, 3.8) is 0 Å². The molecule has 5 rings (SSSR count). The zero-order chi connectivity index (χ0) is 20.9. The monoisotopic (exact) mass is 416 g/mol. The van der Waals surface area contributed by atoms with Gasteiger partial charge in [-0.2, -0.15) is 0 Å². The summed E-state index contributed by atoms with van der Waals surface area (Å²) in [6.07, 6.45) is 3.03. The number of nitrogens with zero attached hydrogens (tertiary/aromatic N) is 3. The van der Waals surface area contributed by atoms with Gasteiger partial charge in [0, 0.05) is 17.7 Å². The highest BCUT2D eigenvalue weighted by atomic mass is 32.1. The third-order valence-electron chi connectivity index (χ3n) is 5.32. The number of imidazole rings is 1. The van der Waals surface area contributed by atoms with E-state index in [1.165, 1.54) is 11.3 Å². The van der Waals surface area contributed by atoms with E-state index in [0.717, 1.165) is 28.8 Å². The average molecular weight is 417 g/mol. The van der Waals surface area contributed by atoms with Gasteiger partial charge in [-0.05, 0) is 48.2 Å². The van der Waals surface area contributed by atoms with E-state index in [1.807, 2.05) is 41.0 Å². The summed E-state index contributed by atoms with van der Waals surface area (Å²) in [7, 11) is 0. The van der Waals surface area contributed by atoms with Crippen LogP contribution < -0.4 is 5.32 Å². The minimum Gasteiger partial charge on any atom is -0.299 e. The van der Waals surface area contributed by atoms with Crippen LogP contribution in [0.1, 0.15) is 46.0 Å². The molecule has 0 atom stereocenters. The van der Waals surface area contributed by atoms with Crippen molar-refractivity contribution in [1.82, 2.24) is 14.5 Å². The molecule has 2 aromatic carbocycles. The molecular weight excluding hydrogens is 396 g/mol. The standard InChI is InChI=1S/C23H20N4O2S/c1-23(2)11-17-20(19(28)12-23)30-22(25-17)26-21(29)14-7-9-15(10-8-14)27-13-24-16-5-3-4-6-18(16)27/h3-10,13H,11-12H2,1-2H3,(H,25,26,29). The van der Waals surface area contributed by atoms with Crippen molar-refractivity contribution in [1.29, 1.82) is 0 Å².